The molecule has 0 unspecified atom stereocenters. The van der Waals surface area contributed by atoms with Gasteiger partial charge in [-0.15, -0.1) is 0 Å². The fourth-order valence-electron chi connectivity index (χ4n) is 2.08. The maximum Gasteiger partial charge on any atom is 0.0874 e. The first-order valence-corrected chi connectivity index (χ1v) is 5.34. The highest BCUT2D eigenvalue weighted by Gasteiger charge is 2.17. The zero-order valence-corrected chi connectivity index (χ0v) is 9.37. The third kappa shape index (κ3) is 0.989. The number of hydrogen-bond acceptors (Lipinski definition) is 1. The van der Waals surface area contributed by atoms with E-state index in [0.29, 0.717) is 0 Å². The highest BCUT2D eigenvalue weighted by atomic mass is 79.9. The Morgan fingerprint density at radius 1 is 1.50 bits per heavy atom. The van der Waals surface area contributed by atoms with E-state index in [2.05, 4.69) is 50.9 Å². The van der Waals surface area contributed by atoms with Crippen LogP contribution in [0.2, 0.25) is 0 Å². The molecule has 1 aromatic heterocycles. The minimum Gasteiger partial charge on any atom is -0.350 e. The normalized spacial score (nSPS) is 18.3. The average Bonchev–Trinajstić information content (AvgIpc) is 2.67. The molecule has 70 valence electrons. The van der Waals surface area contributed by atoms with Gasteiger partial charge in [0.25, 0.3) is 0 Å². The summed E-state index contributed by atoms with van der Waals surface area (Å²) >= 11 is 3.45. The molecular formula is C11H9BrN2. The van der Waals surface area contributed by atoms with E-state index in [0.717, 1.165) is 11.0 Å². The summed E-state index contributed by atoms with van der Waals surface area (Å²) in [5.74, 6) is 0. The number of nitrogens with zero attached hydrogens (tertiary/aromatic N) is 2. The van der Waals surface area contributed by atoms with Crippen LogP contribution in [-0.4, -0.2) is 9.19 Å². The van der Waals surface area contributed by atoms with Gasteiger partial charge in [-0.05, 0) is 39.2 Å². The molecule has 0 atom stereocenters. The lowest BCUT2D eigenvalue weighted by molar-refractivity contribution is 0.884. The summed E-state index contributed by atoms with van der Waals surface area (Å²) in [6.07, 6.45) is 7.15. The zero-order valence-electron chi connectivity index (χ0n) is 7.79. The van der Waals surface area contributed by atoms with Crippen molar-refractivity contribution < 1.29 is 0 Å². The number of hydrogen-bond donors (Lipinski definition) is 0. The number of halogens is 1. The monoisotopic (exact) mass is 248 g/mol. The topological polar surface area (TPSA) is 17.3 Å². The second kappa shape index (κ2) is 2.70. The lowest BCUT2D eigenvalue weighted by atomic mass is 10.1. The van der Waals surface area contributed by atoms with Crippen LogP contribution in [0.5, 0.6) is 0 Å². The molecule has 3 rings (SSSR count). The van der Waals surface area contributed by atoms with E-state index in [1.54, 1.807) is 0 Å². The Morgan fingerprint density at radius 3 is 3.21 bits per heavy atom. The first-order chi connectivity index (χ1) is 6.75. The van der Waals surface area contributed by atoms with Gasteiger partial charge >= 0.3 is 0 Å². The Hall–Kier alpha value is -1.09. The molecule has 2 heterocycles. The van der Waals surface area contributed by atoms with Gasteiger partial charge in [-0.1, -0.05) is 0 Å². The molecule has 1 aliphatic heterocycles. The number of aromatic nitrogens is 1. The molecule has 0 saturated heterocycles. The molecule has 1 aliphatic carbocycles. The third-order valence-corrected chi connectivity index (χ3v) is 3.20. The average molecular weight is 249 g/mol. The minimum absolute atomic E-state index is 0.910. The Morgan fingerprint density at radius 2 is 2.36 bits per heavy atom. The van der Waals surface area contributed by atoms with Crippen LogP contribution in [0.1, 0.15) is 6.42 Å². The molecule has 14 heavy (non-hydrogen) atoms. The molecule has 0 spiro atoms. The van der Waals surface area contributed by atoms with Gasteiger partial charge in [0.2, 0.25) is 0 Å². The molecule has 0 aromatic carbocycles. The standard InChI is InChI=1S/C11H9BrN2/c1-14-3-2-7-4-8-6-13-10(12)5-9(8)11(7)14/h2-4,6H,5H2,1H3. The summed E-state index contributed by atoms with van der Waals surface area (Å²) in [6.45, 7) is 0. The van der Waals surface area contributed by atoms with Gasteiger partial charge < -0.3 is 4.57 Å². The van der Waals surface area contributed by atoms with Crippen LogP contribution >= 0.6 is 15.9 Å². The van der Waals surface area contributed by atoms with Crippen LogP contribution in [-0.2, 0) is 7.05 Å². The molecule has 0 amide bonds. The van der Waals surface area contributed by atoms with Crippen LogP contribution in [0.25, 0.3) is 11.6 Å². The van der Waals surface area contributed by atoms with Crippen LogP contribution in [0.3, 0.4) is 0 Å². The molecule has 2 aliphatic rings. The number of rotatable bonds is 0. The SMILES string of the molecule is Cn1ccc2c1=C1CC(Br)=NC=C1C=2. The molecule has 2 nitrogen and oxygen atoms in total. The Bertz CT molecular complexity index is 587. The van der Waals surface area contributed by atoms with Gasteiger partial charge in [0.15, 0.2) is 0 Å². The molecule has 3 heteroatoms. The molecule has 0 fully saturated rings. The van der Waals surface area contributed by atoms with Gasteiger partial charge in [0.05, 0.1) is 9.97 Å². The maximum absolute atomic E-state index is 4.27. The van der Waals surface area contributed by atoms with Crippen molar-refractivity contribution in [2.75, 3.05) is 0 Å². The highest BCUT2D eigenvalue weighted by Crippen LogP contribution is 2.24. The third-order valence-electron chi connectivity index (χ3n) is 2.72. The van der Waals surface area contributed by atoms with E-state index >= 15 is 0 Å². The number of allylic oxidation sites excluding steroid dienone is 1. The molecule has 0 radical (unpaired) electrons. The van der Waals surface area contributed by atoms with E-state index in [1.807, 2.05) is 6.20 Å². The Balaban J connectivity index is 2.40. The molecule has 0 bridgehead atoms. The van der Waals surface area contributed by atoms with Crippen molar-refractivity contribution in [3.63, 3.8) is 0 Å². The van der Waals surface area contributed by atoms with Crippen LogP contribution in [0.4, 0.5) is 0 Å². The molecular weight excluding hydrogens is 240 g/mol. The number of fused-ring (bicyclic) bond motifs is 2. The van der Waals surface area contributed by atoms with Crippen molar-refractivity contribution in [1.29, 1.82) is 0 Å². The van der Waals surface area contributed by atoms with Crippen LogP contribution in [0, 0.1) is 0 Å². The zero-order chi connectivity index (χ0) is 9.71. The van der Waals surface area contributed by atoms with Crippen LogP contribution < -0.4 is 10.6 Å². The number of aliphatic imine (C=N–C) groups is 1. The maximum atomic E-state index is 4.27. The summed E-state index contributed by atoms with van der Waals surface area (Å²) < 4.78 is 3.19. The van der Waals surface area contributed by atoms with Crippen molar-refractivity contribution in [3.8, 4) is 0 Å². The molecule has 0 saturated carbocycles. The summed E-state index contributed by atoms with van der Waals surface area (Å²) in [4.78, 5) is 4.27. The van der Waals surface area contributed by atoms with E-state index in [9.17, 15) is 0 Å². The van der Waals surface area contributed by atoms with Crippen molar-refractivity contribution in [2.24, 2.45) is 12.0 Å². The van der Waals surface area contributed by atoms with Gasteiger partial charge in [-0.25, -0.2) is 0 Å². The summed E-state index contributed by atoms with van der Waals surface area (Å²) in [7, 11) is 2.09. The van der Waals surface area contributed by atoms with Gasteiger partial charge in [0, 0.05) is 31.1 Å². The molecule has 1 aromatic rings. The van der Waals surface area contributed by atoms with E-state index < -0.39 is 0 Å². The van der Waals surface area contributed by atoms with Gasteiger partial charge in [-0.2, -0.15) is 0 Å². The first kappa shape index (κ1) is 8.24. The fraction of sp³-hybridized carbons (Fsp3) is 0.182. The Kier molecular flexibility index (Phi) is 1.59. The number of aryl methyl sites for hydroxylation is 1. The fourth-order valence-corrected chi connectivity index (χ4v) is 2.46. The predicted octanol–water partition coefficient (Wildman–Crippen LogP) is 1.05. The van der Waals surface area contributed by atoms with Gasteiger partial charge in [0.1, 0.15) is 0 Å². The largest absolute Gasteiger partial charge is 0.350 e. The van der Waals surface area contributed by atoms with E-state index in [-0.39, 0.29) is 0 Å². The summed E-state index contributed by atoms with van der Waals surface area (Å²) in [6, 6.07) is 2.15. The van der Waals surface area contributed by atoms with Crippen molar-refractivity contribution in [3.05, 3.63) is 34.6 Å². The van der Waals surface area contributed by atoms with Crippen molar-refractivity contribution in [2.45, 2.75) is 6.42 Å². The highest BCUT2D eigenvalue weighted by molar-refractivity contribution is 9.18. The molecule has 0 N–H and O–H groups in total. The van der Waals surface area contributed by atoms with E-state index in [4.69, 9.17) is 0 Å². The van der Waals surface area contributed by atoms with Crippen molar-refractivity contribution in [1.82, 2.24) is 4.57 Å². The van der Waals surface area contributed by atoms with Gasteiger partial charge in [-0.3, -0.25) is 4.99 Å². The summed E-state index contributed by atoms with van der Waals surface area (Å²) in [5.41, 5.74) is 2.64. The van der Waals surface area contributed by atoms with E-state index in [1.165, 1.54) is 21.7 Å². The Labute approximate surface area is 90.1 Å². The van der Waals surface area contributed by atoms with Crippen molar-refractivity contribution >= 4 is 32.2 Å². The summed E-state index contributed by atoms with van der Waals surface area (Å²) in [5, 5.41) is 2.65. The first-order valence-electron chi connectivity index (χ1n) is 4.54. The lowest BCUT2D eigenvalue weighted by Gasteiger charge is -2.08. The predicted molar refractivity (Wildman–Crippen MR) is 61.6 cm³/mol. The second-order valence-corrected chi connectivity index (χ2v) is 4.54. The second-order valence-electron chi connectivity index (χ2n) is 3.62. The smallest absolute Gasteiger partial charge is 0.0874 e. The lowest BCUT2D eigenvalue weighted by Crippen LogP contribution is -2.26. The quantitative estimate of drug-likeness (QED) is 0.654. The minimum atomic E-state index is 0.910. The van der Waals surface area contributed by atoms with Crippen LogP contribution in [0.15, 0.2) is 29.0 Å².